The van der Waals surface area contributed by atoms with Crippen LogP contribution in [0.5, 0.6) is 5.75 Å². The largest absolute Gasteiger partial charge is 0.478 e. The number of carbonyl (C=O) groups excluding carboxylic acids is 1. The first-order valence-electron chi connectivity index (χ1n) is 7.59. The first-order chi connectivity index (χ1) is 10.9. The lowest BCUT2D eigenvalue weighted by Gasteiger charge is -2.22. The first kappa shape index (κ1) is 16.4. The summed E-state index contributed by atoms with van der Waals surface area (Å²) in [4.78, 5) is 14.4. The number of likely N-dealkylation sites (tertiary alicyclic amines) is 1. The zero-order chi connectivity index (χ0) is 16.6. The summed E-state index contributed by atoms with van der Waals surface area (Å²) in [7, 11) is -3.48. The maximum absolute atomic E-state index is 12.6. The molecule has 1 fully saturated rings. The van der Waals surface area contributed by atoms with Crippen molar-refractivity contribution in [3.8, 4) is 5.75 Å². The Labute approximate surface area is 141 Å². The normalized spacial score (nSPS) is 21.6. The number of amides is 1. The third-order valence-electron chi connectivity index (χ3n) is 4.15. The lowest BCUT2D eigenvalue weighted by molar-refractivity contribution is -0.137. The average Bonchev–Trinajstić information content (AvgIpc) is 2.93. The minimum atomic E-state index is -3.48. The standard InChI is InChI=1S/C15H19ClN2O4S/c1-23(20,21)18-9-6-14(15(19)17-7-2-3-8-17)22-13-5-4-11(16)10-12(13)18/h4-5,10,14H,2-3,6-9H2,1H3. The van der Waals surface area contributed by atoms with Crippen LogP contribution in [0, 0.1) is 0 Å². The van der Waals surface area contributed by atoms with E-state index in [4.69, 9.17) is 16.3 Å². The Morgan fingerprint density at radius 3 is 2.61 bits per heavy atom. The molecule has 3 rings (SSSR count). The lowest BCUT2D eigenvalue weighted by atomic mass is 10.2. The van der Waals surface area contributed by atoms with Crippen LogP contribution >= 0.6 is 11.6 Å². The highest BCUT2D eigenvalue weighted by Crippen LogP contribution is 2.36. The number of fused-ring (bicyclic) bond motifs is 1. The second-order valence-corrected chi connectivity index (χ2v) is 8.22. The van der Waals surface area contributed by atoms with Crippen LogP contribution in [0.4, 0.5) is 5.69 Å². The highest BCUT2D eigenvalue weighted by atomic mass is 35.5. The van der Waals surface area contributed by atoms with Crippen molar-refractivity contribution in [2.45, 2.75) is 25.4 Å². The number of benzene rings is 1. The van der Waals surface area contributed by atoms with Gasteiger partial charge in [0.25, 0.3) is 5.91 Å². The molecule has 0 saturated carbocycles. The van der Waals surface area contributed by atoms with Gasteiger partial charge in [-0.3, -0.25) is 9.10 Å². The predicted octanol–water partition coefficient (Wildman–Crippen LogP) is 1.88. The summed E-state index contributed by atoms with van der Waals surface area (Å²) in [5.41, 5.74) is 0.386. The van der Waals surface area contributed by atoms with Crippen molar-refractivity contribution in [3.05, 3.63) is 23.2 Å². The fourth-order valence-corrected chi connectivity index (χ4v) is 4.12. The van der Waals surface area contributed by atoms with E-state index in [1.165, 1.54) is 4.31 Å². The number of carbonyl (C=O) groups is 1. The maximum atomic E-state index is 12.6. The van der Waals surface area contributed by atoms with Crippen LogP contribution in [0.15, 0.2) is 18.2 Å². The molecule has 0 aliphatic carbocycles. The second-order valence-electron chi connectivity index (χ2n) is 5.87. The summed E-state index contributed by atoms with van der Waals surface area (Å²) in [6.07, 6.45) is 2.79. The van der Waals surface area contributed by atoms with E-state index in [1.807, 2.05) is 0 Å². The Kier molecular flexibility index (Phi) is 4.42. The van der Waals surface area contributed by atoms with E-state index in [2.05, 4.69) is 0 Å². The van der Waals surface area contributed by atoms with Crippen LogP contribution in [0.1, 0.15) is 19.3 Å². The summed E-state index contributed by atoms with van der Waals surface area (Å²) in [5.74, 6) is 0.300. The van der Waals surface area contributed by atoms with Crippen molar-refractivity contribution in [2.24, 2.45) is 0 Å². The van der Waals surface area contributed by atoms with Crippen molar-refractivity contribution in [2.75, 3.05) is 30.2 Å². The van der Waals surface area contributed by atoms with Gasteiger partial charge < -0.3 is 9.64 Å². The van der Waals surface area contributed by atoms with E-state index in [1.54, 1.807) is 23.1 Å². The molecule has 8 heteroatoms. The average molecular weight is 359 g/mol. The summed E-state index contributed by atoms with van der Waals surface area (Å²) in [6, 6.07) is 4.80. The van der Waals surface area contributed by atoms with E-state index in [-0.39, 0.29) is 12.5 Å². The van der Waals surface area contributed by atoms with Crippen LogP contribution in [-0.2, 0) is 14.8 Å². The summed E-state index contributed by atoms with van der Waals surface area (Å²) in [5, 5.41) is 0.422. The third kappa shape index (κ3) is 3.40. The van der Waals surface area contributed by atoms with Crippen molar-refractivity contribution in [1.29, 1.82) is 0 Å². The summed E-state index contributed by atoms with van der Waals surface area (Å²) >= 11 is 6.00. The van der Waals surface area contributed by atoms with Crippen molar-refractivity contribution < 1.29 is 17.9 Å². The number of anilines is 1. The molecule has 2 aliphatic heterocycles. The maximum Gasteiger partial charge on any atom is 0.263 e. The molecular weight excluding hydrogens is 340 g/mol. The van der Waals surface area contributed by atoms with Gasteiger partial charge in [-0.25, -0.2) is 8.42 Å². The topological polar surface area (TPSA) is 66.9 Å². The molecule has 1 saturated heterocycles. The molecule has 1 aromatic carbocycles. The monoisotopic (exact) mass is 358 g/mol. The first-order valence-corrected chi connectivity index (χ1v) is 9.81. The smallest absolute Gasteiger partial charge is 0.263 e. The number of hydrogen-bond donors (Lipinski definition) is 0. The highest BCUT2D eigenvalue weighted by Gasteiger charge is 2.34. The number of rotatable bonds is 2. The Morgan fingerprint density at radius 2 is 1.96 bits per heavy atom. The van der Waals surface area contributed by atoms with Crippen molar-refractivity contribution in [1.82, 2.24) is 4.90 Å². The molecule has 1 atom stereocenters. The molecule has 0 aromatic heterocycles. The molecule has 0 spiro atoms. The quantitative estimate of drug-likeness (QED) is 0.809. The van der Waals surface area contributed by atoms with Gasteiger partial charge in [0, 0.05) is 31.1 Å². The molecule has 6 nitrogen and oxygen atoms in total. The van der Waals surface area contributed by atoms with E-state index < -0.39 is 16.1 Å². The highest BCUT2D eigenvalue weighted by molar-refractivity contribution is 7.92. The zero-order valence-corrected chi connectivity index (χ0v) is 14.4. The van der Waals surface area contributed by atoms with Gasteiger partial charge in [-0.2, -0.15) is 0 Å². The fraction of sp³-hybridized carbons (Fsp3) is 0.533. The number of sulfonamides is 1. The zero-order valence-electron chi connectivity index (χ0n) is 12.9. The summed E-state index contributed by atoms with van der Waals surface area (Å²) < 4.78 is 31.3. The van der Waals surface area contributed by atoms with Crippen molar-refractivity contribution >= 4 is 33.2 Å². The molecular formula is C15H19ClN2O4S. The third-order valence-corrected chi connectivity index (χ3v) is 5.56. The molecule has 0 N–H and O–H groups in total. The Morgan fingerprint density at radius 1 is 1.26 bits per heavy atom. The van der Waals surface area contributed by atoms with E-state index in [0.29, 0.717) is 22.9 Å². The molecule has 1 unspecified atom stereocenters. The minimum absolute atomic E-state index is 0.0706. The van der Waals surface area contributed by atoms with Crippen LogP contribution < -0.4 is 9.04 Å². The van der Waals surface area contributed by atoms with Gasteiger partial charge in [0.2, 0.25) is 10.0 Å². The van der Waals surface area contributed by atoms with Gasteiger partial charge in [0.05, 0.1) is 11.9 Å². The fourth-order valence-electron chi connectivity index (χ4n) is 3.01. The van der Waals surface area contributed by atoms with Gasteiger partial charge in [-0.15, -0.1) is 0 Å². The summed E-state index contributed by atoms with van der Waals surface area (Å²) in [6.45, 7) is 1.67. The van der Waals surface area contributed by atoms with E-state index >= 15 is 0 Å². The van der Waals surface area contributed by atoms with Gasteiger partial charge in [-0.1, -0.05) is 11.6 Å². The second kappa shape index (κ2) is 6.20. The molecule has 23 heavy (non-hydrogen) atoms. The number of hydrogen-bond acceptors (Lipinski definition) is 4. The Balaban J connectivity index is 1.93. The minimum Gasteiger partial charge on any atom is -0.478 e. The molecule has 0 radical (unpaired) electrons. The molecule has 126 valence electrons. The molecule has 1 aromatic rings. The van der Waals surface area contributed by atoms with E-state index in [9.17, 15) is 13.2 Å². The van der Waals surface area contributed by atoms with E-state index in [0.717, 1.165) is 32.2 Å². The number of halogens is 1. The van der Waals surface area contributed by atoms with Gasteiger partial charge in [0.1, 0.15) is 5.75 Å². The molecule has 2 heterocycles. The van der Waals surface area contributed by atoms with Gasteiger partial charge in [0.15, 0.2) is 6.10 Å². The lowest BCUT2D eigenvalue weighted by Crippen LogP contribution is -2.41. The Hall–Kier alpha value is -1.47. The molecule has 0 bridgehead atoms. The number of ether oxygens (including phenoxy) is 1. The van der Waals surface area contributed by atoms with Crippen molar-refractivity contribution in [3.63, 3.8) is 0 Å². The van der Waals surface area contributed by atoms with Gasteiger partial charge >= 0.3 is 0 Å². The van der Waals surface area contributed by atoms with Gasteiger partial charge in [-0.05, 0) is 31.0 Å². The van der Waals surface area contributed by atoms with Crippen LogP contribution in [0.3, 0.4) is 0 Å². The SMILES string of the molecule is CS(=O)(=O)N1CCC(C(=O)N2CCCC2)Oc2ccc(Cl)cc21. The van der Waals surface area contributed by atoms with Crippen LogP contribution in [-0.4, -0.2) is 51.2 Å². The Bertz CT molecular complexity index is 716. The molecule has 1 amide bonds. The molecule has 2 aliphatic rings. The predicted molar refractivity (Wildman–Crippen MR) is 88.5 cm³/mol. The number of nitrogens with zero attached hydrogens (tertiary/aromatic N) is 2. The van der Waals surface area contributed by atoms with Crippen LogP contribution in [0.2, 0.25) is 5.02 Å². The van der Waals surface area contributed by atoms with Crippen LogP contribution in [0.25, 0.3) is 0 Å².